The lowest BCUT2D eigenvalue weighted by Crippen LogP contribution is -2.38. The number of aromatic amines is 2. The van der Waals surface area contributed by atoms with Gasteiger partial charge in [-0.1, -0.05) is 36.4 Å². The zero-order valence-corrected chi connectivity index (χ0v) is 19.9. The highest BCUT2D eigenvalue weighted by Gasteiger charge is 2.32. The van der Waals surface area contributed by atoms with Gasteiger partial charge in [-0.15, -0.1) is 0 Å². The number of rotatable bonds is 10. The third-order valence-corrected chi connectivity index (χ3v) is 8.50. The molecule has 4 unspecified atom stereocenters. The van der Waals surface area contributed by atoms with Gasteiger partial charge in [0.15, 0.2) is 5.78 Å². The molecule has 0 radical (unpaired) electrons. The van der Waals surface area contributed by atoms with Crippen LogP contribution in [0.5, 0.6) is 0 Å². The number of carbonyl (C=O) groups is 1. The van der Waals surface area contributed by atoms with E-state index in [0.717, 1.165) is 33.2 Å². The van der Waals surface area contributed by atoms with Crippen molar-refractivity contribution in [2.24, 2.45) is 0 Å². The average molecular weight is 469 g/mol. The van der Waals surface area contributed by atoms with Crippen molar-refractivity contribution in [2.75, 3.05) is 12.5 Å². The number of benzene rings is 2. The van der Waals surface area contributed by atoms with E-state index in [9.17, 15) is 13.2 Å². The minimum Gasteiger partial charge on any atom is -0.358 e. The van der Waals surface area contributed by atoms with E-state index >= 15 is 0 Å². The molecule has 2 heterocycles. The molecule has 0 aliphatic carbocycles. The van der Waals surface area contributed by atoms with Gasteiger partial charge in [-0.25, -0.2) is 0 Å². The quantitative estimate of drug-likeness (QED) is 0.364. The second-order valence-electron chi connectivity index (χ2n) is 8.22. The molecule has 32 heavy (non-hydrogen) atoms. The first-order chi connectivity index (χ1) is 15.4. The summed E-state index contributed by atoms with van der Waals surface area (Å²) in [6.07, 6.45) is 5.32. The largest absolute Gasteiger partial charge is 0.358 e. The summed E-state index contributed by atoms with van der Waals surface area (Å²) in [6, 6.07) is 20.2. The first-order valence-electron chi connectivity index (χ1n) is 10.7. The number of Topliss-reactive ketones (excluding diaryl/α,β-unsaturated/α-hetero) is 1. The number of aryl methyl sites for hydroxylation is 2. The summed E-state index contributed by atoms with van der Waals surface area (Å²) < 4.78 is 24.9. The fourth-order valence-electron chi connectivity index (χ4n) is 4.26. The van der Waals surface area contributed by atoms with E-state index in [-0.39, 0.29) is 5.78 Å². The number of hydrogen-bond acceptors (Lipinski definition) is 3. The summed E-state index contributed by atoms with van der Waals surface area (Å²) in [6.45, 7) is 0. The SMILES string of the molecule is CS(=O)C(CCc1cc2ccccc2[nH]1)C(=O)C(CCc1cc2ccccc2[nH]1)S(C)=O. The maximum absolute atomic E-state index is 13.3. The molecule has 7 heteroatoms. The highest BCUT2D eigenvalue weighted by atomic mass is 32.2. The van der Waals surface area contributed by atoms with Crippen molar-refractivity contribution in [2.45, 2.75) is 36.2 Å². The smallest absolute Gasteiger partial charge is 0.163 e. The summed E-state index contributed by atoms with van der Waals surface area (Å²) in [5.41, 5.74) is 4.13. The minimum absolute atomic E-state index is 0.154. The number of hydrogen-bond donors (Lipinski definition) is 2. The van der Waals surface area contributed by atoms with Gasteiger partial charge in [0, 0.05) is 56.5 Å². The normalized spacial score (nSPS) is 15.6. The Labute approximate surface area is 192 Å². The molecule has 0 amide bonds. The maximum atomic E-state index is 13.3. The Kier molecular flexibility index (Phi) is 7.06. The maximum Gasteiger partial charge on any atom is 0.163 e. The van der Waals surface area contributed by atoms with E-state index in [1.165, 1.54) is 0 Å². The molecule has 2 N–H and O–H groups in total. The second kappa shape index (κ2) is 9.96. The van der Waals surface area contributed by atoms with Gasteiger partial charge in [0.05, 0.1) is 10.5 Å². The molecule has 0 saturated heterocycles. The zero-order valence-electron chi connectivity index (χ0n) is 18.3. The number of fused-ring (bicyclic) bond motifs is 2. The number of ketones is 1. The van der Waals surface area contributed by atoms with Crippen molar-refractivity contribution in [1.29, 1.82) is 0 Å². The fourth-order valence-corrected chi connectivity index (χ4v) is 6.23. The van der Waals surface area contributed by atoms with Crippen LogP contribution in [0.15, 0.2) is 60.7 Å². The van der Waals surface area contributed by atoms with Crippen LogP contribution in [0, 0.1) is 0 Å². The minimum atomic E-state index is -1.33. The van der Waals surface area contributed by atoms with Crippen LogP contribution in [0.1, 0.15) is 24.2 Å². The molecule has 0 fully saturated rings. The van der Waals surface area contributed by atoms with Crippen LogP contribution in [0.2, 0.25) is 0 Å². The lowest BCUT2D eigenvalue weighted by molar-refractivity contribution is -0.118. The Morgan fingerprint density at radius 1 is 0.750 bits per heavy atom. The third kappa shape index (κ3) is 5.10. The molecular formula is C25H28N2O3S2. The van der Waals surface area contributed by atoms with Crippen LogP contribution in [0.3, 0.4) is 0 Å². The Balaban J connectivity index is 1.44. The molecule has 168 valence electrons. The van der Waals surface area contributed by atoms with Crippen LogP contribution >= 0.6 is 0 Å². The molecule has 0 bridgehead atoms. The zero-order chi connectivity index (χ0) is 22.7. The summed E-state index contributed by atoms with van der Waals surface area (Å²) in [5.74, 6) is -0.154. The number of aromatic nitrogens is 2. The lowest BCUT2D eigenvalue weighted by atomic mass is 10.0. The molecule has 4 aromatic rings. The van der Waals surface area contributed by atoms with E-state index in [1.54, 1.807) is 12.5 Å². The van der Waals surface area contributed by atoms with Gasteiger partial charge in [-0.3, -0.25) is 13.2 Å². The van der Waals surface area contributed by atoms with E-state index in [1.807, 2.05) is 48.5 Å². The lowest BCUT2D eigenvalue weighted by Gasteiger charge is -2.19. The summed E-state index contributed by atoms with van der Waals surface area (Å²) in [7, 11) is -2.66. The molecule has 4 rings (SSSR count). The predicted octanol–water partition coefficient (Wildman–Crippen LogP) is 4.28. The first kappa shape index (κ1) is 22.7. The predicted molar refractivity (Wildman–Crippen MR) is 134 cm³/mol. The highest BCUT2D eigenvalue weighted by Crippen LogP contribution is 2.21. The van der Waals surface area contributed by atoms with Crippen molar-refractivity contribution in [3.8, 4) is 0 Å². The van der Waals surface area contributed by atoms with Crippen molar-refractivity contribution in [3.63, 3.8) is 0 Å². The summed E-state index contributed by atoms with van der Waals surface area (Å²) >= 11 is 0. The molecule has 4 atom stereocenters. The topological polar surface area (TPSA) is 82.8 Å². The van der Waals surface area contributed by atoms with Crippen molar-refractivity contribution < 1.29 is 13.2 Å². The molecule has 0 aliphatic rings. The van der Waals surface area contributed by atoms with Crippen molar-refractivity contribution in [3.05, 3.63) is 72.1 Å². The van der Waals surface area contributed by atoms with Crippen LogP contribution < -0.4 is 0 Å². The van der Waals surface area contributed by atoms with Gasteiger partial charge in [-0.05, 0) is 60.7 Å². The van der Waals surface area contributed by atoms with Crippen LogP contribution in [-0.2, 0) is 39.2 Å². The highest BCUT2D eigenvalue weighted by molar-refractivity contribution is 7.87. The van der Waals surface area contributed by atoms with Crippen LogP contribution in [-0.4, -0.2) is 47.2 Å². The number of para-hydroxylation sites is 2. The monoisotopic (exact) mass is 468 g/mol. The van der Waals surface area contributed by atoms with Gasteiger partial charge >= 0.3 is 0 Å². The number of nitrogens with one attached hydrogen (secondary N) is 2. The Bertz CT molecular complexity index is 1130. The van der Waals surface area contributed by atoms with Gasteiger partial charge in [-0.2, -0.15) is 0 Å². The van der Waals surface area contributed by atoms with Crippen LogP contribution in [0.4, 0.5) is 0 Å². The standard InChI is InChI=1S/C25H28N2O3S2/c1-31(29)23(13-11-19-15-17-7-3-5-9-21(17)26-19)25(28)24(32(2)30)14-12-20-16-18-8-4-6-10-22(18)27-20/h3-10,15-16,23-24,26-27H,11-14H2,1-2H3. The number of carbonyl (C=O) groups excluding carboxylic acids is 1. The number of H-pyrrole nitrogens is 2. The van der Waals surface area contributed by atoms with E-state index < -0.39 is 32.1 Å². The van der Waals surface area contributed by atoms with E-state index in [0.29, 0.717) is 25.7 Å². The molecule has 0 aliphatic heterocycles. The Morgan fingerprint density at radius 2 is 1.16 bits per heavy atom. The summed E-state index contributed by atoms with van der Waals surface area (Å²) in [5, 5.41) is 0.985. The van der Waals surface area contributed by atoms with E-state index in [4.69, 9.17) is 0 Å². The van der Waals surface area contributed by atoms with Gasteiger partial charge in [0.25, 0.3) is 0 Å². The second-order valence-corrected chi connectivity index (χ2v) is 11.4. The Hall–Kier alpha value is -2.51. The average Bonchev–Trinajstić information content (AvgIpc) is 3.36. The third-order valence-electron chi connectivity index (χ3n) is 5.96. The first-order valence-corrected chi connectivity index (χ1v) is 14.0. The van der Waals surface area contributed by atoms with Gasteiger partial charge in [0.1, 0.15) is 0 Å². The van der Waals surface area contributed by atoms with E-state index in [2.05, 4.69) is 22.1 Å². The van der Waals surface area contributed by atoms with Gasteiger partial charge in [0.2, 0.25) is 0 Å². The fraction of sp³-hybridized carbons (Fsp3) is 0.320. The molecule has 2 aromatic heterocycles. The molecule has 0 saturated carbocycles. The molecule has 5 nitrogen and oxygen atoms in total. The van der Waals surface area contributed by atoms with Gasteiger partial charge < -0.3 is 9.97 Å². The Morgan fingerprint density at radius 3 is 1.53 bits per heavy atom. The molecule has 0 spiro atoms. The molecule has 2 aromatic carbocycles. The van der Waals surface area contributed by atoms with Crippen molar-refractivity contribution in [1.82, 2.24) is 9.97 Å². The van der Waals surface area contributed by atoms with Crippen LogP contribution in [0.25, 0.3) is 21.8 Å². The summed E-state index contributed by atoms with van der Waals surface area (Å²) in [4.78, 5) is 20.0. The molecular weight excluding hydrogens is 440 g/mol. The van der Waals surface area contributed by atoms with Crippen molar-refractivity contribution >= 4 is 49.2 Å².